The van der Waals surface area contributed by atoms with Gasteiger partial charge in [0.05, 0.1) is 13.7 Å². The number of nitrogens with zero attached hydrogens (tertiary/aromatic N) is 1. The van der Waals surface area contributed by atoms with E-state index in [9.17, 15) is 4.79 Å². The fourth-order valence-corrected chi connectivity index (χ4v) is 1.74. The van der Waals surface area contributed by atoms with Crippen LogP contribution in [0.1, 0.15) is 20.3 Å². The molecule has 76 valence electrons. The molecular formula is C10H19NO2. The van der Waals surface area contributed by atoms with Crippen LogP contribution >= 0.6 is 0 Å². The van der Waals surface area contributed by atoms with Gasteiger partial charge in [-0.25, -0.2) is 0 Å². The van der Waals surface area contributed by atoms with Crippen molar-refractivity contribution in [1.29, 1.82) is 0 Å². The van der Waals surface area contributed by atoms with Gasteiger partial charge in [-0.05, 0) is 24.8 Å². The third-order valence-corrected chi connectivity index (χ3v) is 3.00. The van der Waals surface area contributed by atoms with Gasteiger partial charge in [-0.3, -0.25) is 9.69 Å². The zero-order chi connectivity index (χ0) is 9.84. The third-order valence-electron chi connectivity index (χ3n) is 3.00. The lowest BCUT2D eigenvalue weighted by Crippen LogP contribution is -2.41. The van der Waals surface area contributed by atoms with E-state index in [0.717, 1.165) is 19.0 Å². The zero-order valence-corrected chi connectivity index (χ0v) is 8.75. The van der Waals surface area contributed by atoms with Crippen LogP contribution in [0.15, 0.2) is 0 Å². The van der Waals surface area contributed by atoms with Crippen LogP contribution < -0.4 is 0 Å². The summed E-state index contributed by atoms with van der Waals surface area (Å²) in [6.07, 6.45) is 1.19. The molecule has 1 rings (SSSR count). The molecule has 0 aromatic rings. The average Bonchev–Trinajstić information content (AvgIpc) is 2.11. The third kappa shape index (κ3) is 2.99. The molecular weight excluding hydrogens is 166 g/mol. The van der Waals surface area contributed by atoms with Crippen molar-refractivity contribution in [1.82, 2.24) is 4.90 Å². The first-order valence-electron chi connectivity index (χ1n) is 4.92. The van der Waals surface area contributed by atoms with Crippen LogP contribution in [0.25, 0.3) is 0 Å². The number of methoxy groups -OCH3 is 1. The lowest BCUT2D eigenvalue weighted by atomic mass is 9.89. The summed E-state index contributed by atoms with van der Waals surface area (Å²) in [6.45, 7) is 7.03. The molecule has 1 aliphatic heterocycles. The monoisotopic (exact) mass is 185 g/mol. The minimum absolute atomic E-state index is 0.123. The lowest BCUT2D eigenvalue weighted by molar-refractivity contribution is -0.142. The molecule has 1 saturated heterocycles. The molecule has 0 aromatic heterocycles. The normalized spacial score (nSPS) is 30.1. The molecule has 1 aliphatic rings. The van der Waals surface area contributed by atoms with Gasteiger partial charge in [0.2, 0.25) is 0 Å². The van der Waals surface area contributed by atoms with Crippen LogP contribution in [-0.4, -0.2) is 37.6 Å². The van der Waals surface area contributed by atoms with Crippen molar-refractivity contribution in [2.75, 3.05) is 26.7 Å². The van der Waals surface area contributed by atoms with E-state index in [1.165, 1.54) is 13.5 Å². The summed E-state index contributed by atoms with van der Waals surface area (Å²) < 4.78 is 4.63. The summed E-state index contributed by atoms with van der Waals surface area (Å²) in [6, 6.07) is 0. The van der Waals surface area contributed by atoms with Crippen molar-refractivity contribution in [3.05, 3.63) is 0 Å². The molecule has 1 fully saturated rings. The standard InChI is InChI=1S/C10H19NO2/c1-8-4-5-11(6-9(8)2)7-10(12)13-3/h8-9H,4-7H2,1-3H3. The van der Waals surface area contributed by atoms with E-state index in [2.05, 4.69) is 23.5 Å². The zero-order valence-electron chi connectivity index (χ0n) is 8.75. The van der Waals surface area contributed by atoms with E-state index in [4.69, 9.17) is 0 Å². The number of ether oxygens (including phenoxy) is 1. The molecule has 13 heavy (non-hydrogen) atoms. The van der Waals surface area contributed by atoms with Gasteiger partial charge < -0.3 is 4.74 Å². The Morgan fingerprint density at radius 2 is 2.15 bits per heavy atom. The van der Waals surface area contributed by atoms with Crippen molar-refractivity contribution < 1.29 is 9.53 Å². The number of likely N-dealkylation sites (tertiary alicyclic amines) is 1. The fraction of sp³-hybridized carbons (Fsp3) is 0.900. The number of hydrogen-bond donors (Lipinski definition) is 0. The first kappa shape index (κ1) is 10.5. The first-order chi connectivity index (χ1) is 6.13. The number of rotatable bonds is 2. The molecule has 0 aliphatic carbocycles. The maximum Gasteiger partial charge on any atom is 0.319 e. The molecule has 0 bridgehead atoms. The highest BCUT2D eigenvalue weighted by molar-refractivity contribution is 5.71. The molecule has 2 unspecified atom stereocenters. The Labute approximate surface area is 80.1 Å². The Bertz CT molecular complexity index is 182. The molecule has 1 heterocycles. The minimum Gasteiger partial charge on any atom is -0.468 e. The molecule has 0 N–H and O–H groups in total. The highest BCUT2D eigenvalue weighted by atomic mass is 16.5. The summed E-state index contributed by atoms with van der Waals surface area (Å²) in [5.74, 6) is 1.36. The molecule has 2 atom stereocenters. The van der Waals surface area contributed by atoms with E-state index >= 15 is 0 Å². The molecule has 3 heteroatoms. The smallest absolute Gasteiger partial charge is 0.319 e. The van der Waals surface area contributed by atoms with Crippen molar-refractivity contribution in [3.8, 4) is 0 Å². The number of carbonyl (C=O) groups is 1. The summed E-state index contributed by atoms with van der Waals surface area (Å²) >= 11 is 0. The van der Waals surface area contributed by atoms with Gasteiger partial charge >= 0.3 is 5.97 Å². The Morgan fingerprint density at radius 3 is 2.69 bits per heavy atom. The van der Waals surface area contributed by atoms with Crippen LogP contribution in [0.5, 0.6) is 0 Å². The maximum atomic E-state index is 11.0. The average molecular weight is 185 g/mol. The Morgan fingerprint density at radius 1 is 1.46 bits per heavy atom. The number of hydrogen-bond acceptors (Lipinski definition) is 3. The minimum atomic E-state index is -0.123. The van der Waals surface area contributed by atoms with Crippen LogP contribution in [-0.2, 0) is 9.53 Å². The van der Waals surface area contributed by atoms with Gasteiger partial charge in [0, 0.05) is 6.54 Å². The molecule has 0 spiro atoms. The highest BCUT2D eigenvalue weighted by Gasteiger charge is 2.23. The highest BCUT2D eigenvalue weighted by Crippen LogP contribution is 2.21. The van der Waals surface area contributed by atoms with E-state index in [1.807, 2.05) is 0 Å². The largest absolute Gasteiger partial charge is 0.468 e. The predicted molar refractivity (Wildman–Crippen MR) is 51.4 cm³/mol. The van der Waals surface area contributed by atoms with Gasteiger partial charge in [0.15, 0.2) is 0 Å². The van der Waals surface area contributed by atoms with Crippen molar-refractivity contribution >= 4 is 5.97 Å². The summed E-state index contributed by atoms with van der Waals surface area (Å²) in [5.41, 5.74) is 0. The second-order valence-electron chi connectivity index (χ2n) is 4.05. The summed E-state index contributed by atoms with van der Waals surface area (Å²) in [7, 11) is 1.44. The van der Waals surface area contributed by atoms with Gasteiger partial charge in [-0.1, -0.05) is 13.8 Å². The first-order valence-corrected chi connectivity index (χ1v) is 4.92. The Hall–Kier alpha value is -0.570. The van der Waals surface area contributed by atoms with Gasteiger partial charge in [-0.2, -0.15) is 0 Å². The topological polar surface area (TPSA) is 29.5 Å². The Kier molecular flexibility index (Phi) is 3.72. The second-order valence-corrected chi connectivity index (χ2v) is 4.05. The van der Waals surface area contributed by atoms with E-state index in [1.54, 1.807) is 0 Å². The van der Waals surface area contributed by atoms with E-state index in [-0.39, 0.29) is 5.97 Å². The van der Waals surface area contributed by atoms with Crippen molar-refractivity contribution in [2.45, 2.75) is 20.3 Å². The molecule has 0 aromatic carbocycles. The van der Waals surface area contributed by atoms with Gasteiger partial charge in [0.1, 0.15) is 0 Å². The van der Waals surface area contributed by atoms with Gasteiger partial charge in [0.25, 0.3) is 0 Å². The summed E-state index contributed by atoms with van der Waals surface area (Å²) in [5, 5.41) is 0. The van der Waals surface area contributed by atoms with Crippen LogP contribution in [0.3, 0.4) is 0 Å². The molecule has 0 amide bonds. The number of esters is 1. The molecule has 0 saturated carbocycles. The predicted octanol–water partition coefficient (Wildman–Crippen LogP) is 1.14. The Balaban J connectivity index is 2.33. The maximum absolute atomic E-state index is 11.0. The second kappa shape index (κ2) is 4.61. The van der Waals surface area contributed by atoms with Crippen molar-refractivity contribution in [3.63, 3.8) is 0 Å². The van der Waals surface area contributed by atoms with E-state index in [0.29, 0.717) is 12.5 Å². The van der Waals surface area contributed by atoms with Crippen molar-refractivity contribution in [2.24, 2.45) is 11.8 Å². The van der Waals surface area contributed by atoms with Crippen LogP contribution in [0.4, 0.5) is 0 Å². The molecule has 3 nitrogen and oxygen atoms in total. The van der Waals surface area contributed by atoms with Crippen LogP contribution in [0, 0.1) is 11.8 Å². The van der Waals surface area contributed by atoms with Gasteiger partial charge in [-0.15, -0.1) is 0 Å². The lowest BCUT2D eigenvalue weighted by Gasteiger charge is -2.34. The number of carbonyl (C=O) groups excluding carboxylic acids is 1. The van der Waals surface area contributed by atoms with E-state index < -0.39 is 0 Å². The fourth-order valence-electron chi connectivity index (χ4n) is 1.74. The quantitative estimate of drug-likeness (QED) is 0.604. The number of piperidine rings is 1. The SMILES string of the molecule is COC(=O)CN1CCC(C)C(C)C1. The molecule has 0 radical (unpaired) electrons. The van der Waals surface area contributed by atoms with Crippen LogP contribution in [0.2, 0.25) is 0 Å². The summed E-state index contributed by atoms with van der Waals surface area (Å²) in [4.78, 5) is 13.2.